The van der Waals surface area contributed by atoms with E-state index in [-0.39, 0.29) is 5.91 Å². The summed E-state index contributed by atoms with van der Waals surface area (Å²) >= 11 is 2.68. The molecular weight excluding hydrogens is 330 g/mol. The van der Waals surface area contributed by atoms with E-state index in [9.17, 15) is 4.79 Å². The number of hydrogen-bond donors (Lipinski definition) is 2. The van der Waals surface area contributed by atoms with Gasteiger partial charge in [-0.25, -0.2) is 4.98 Å². The smallest absolute Gasteiger partial charge is 0.269 e. The van der Waals surface area contributed by atoms with Crippen LogP contribution in [0.2, 0.25) is 0 Å². The number of carbonyl (C=O) groups is 1. The van der Waals surface area contributed by atoms with Gasteiger partial charge in [-0.05, 0) is 38.3 Å². The number of nitrogens with two attached hydrogens (primary N) is 1. The van der Waals surface area contributed by atoms with Gasteiger partial charge < -0.3 is 5.73 Å². The number of anilines is 2. The Balaban J connectivity index is 2.01. The van der Waals surface area contributed by atoms with Crippen LogP contribution in [0.4, 0.5) is 10.8 Å². The van der Waals surface area contributed by atoms with E-state index < -0.39 is 0 Å². The van der Waals surface area contributed by atoms with Gasteiger partial charge in [0, 0.05) is 11.1 Å². The number of thiophene rings is 1. The third-order valence-corrected chi connectivity index (χ3v) is 5.95. The molecule has 0 aliphatic rings. The summed E-state index contributed by atoms with van der Waals surface area (Å²) in [5.41, 5.74) is 9.84. The molecule has 0 aliphatic heterocycles. The molecule has 120 valence electrons. The fraction of sp³-hybridized carbons (Fsp3) is 0.333. The van der Waals surface area contributed by atoms with Crippen molar-refractivity contribution in [3.63, 3.8) is 0 Å². The molecule has 3 N–H and O–H groups in total. The Morgan fingerprint density at radius 2 is 1.91 bits per heavy atom. The minimum Gasteiger partial charge on any atom is -0.397 e. The lowest BCUT2D eigenvalue weighted by molar-refractivity contribution is 0.103. The molecule has 3 rings (SSSR count). The molecule has 0 aromatic carbocycles. The number of nitrogens with one attached hydrogen (secondary N) is 1. The molecule has 3 heterocycles. The number of hydrogen-bond acceptors (Lipinski definition) is 7. The highest BCUT2D eigenvalue weighted by molar-refractivity contribution is 7.21. The van der Waals surface area contributed by atoms with Gasteiger partial charge >= 0.3 is 0 Å². The van der Waals surface area contributed by atoms with Gasteiger partial charge in [-0.1, -0.05) is 18.3 Å². The van der Waals surface area contributed by atoms with Gasteiger partial charge in [0.1, 0.15) is 14.7 Å². The van der Waals surface area contributed by atoms with Crippen molar-refractivity contribution in [2.45, 2.75) is 34.1 Å². The second kappa shape index (κ2) is 5.86. The van der Waals surface area contributed by atoms with Crippen molar-refractivity contribution in [3.05, 3.63) is 26.7 Å². The van der Waals surface area contributed by atoms with E-state index in [0.29, 0.717) is 15.7 Å². The number of aryl methyl sites for hydroxylation is 3. The maximum absolute atomic E-state index is 12.5. The summed E-state index contributed by atoms with van der Waals surface area (Å²) in [5, 5.41) is 13.0. The molecule has 0 radical (unpaired) electrons. The molecule has 0 fully saturated rings. The standard InChI is InChI=1S/C15H17N5OS2/c1-5-9-19-20-15(22-9)18-13(21)12-11(16)10-7(3)6(2)8(4)17-14(10)23-12/h5,16H2,1-4H3,(H,18,20,21). The number of carbonyl (C=O) groups excluding carboxylic acids is 1. The topological polar surface area (TPSA) is 93.8 Å². The molecule has 0 unspecified atom stereocenters. The zero-order valence-corrected chi connectivity index (χ0v) is 15.0. The quantitative estimate of drug-likeness (QED) is 0.756. The van der Waals surface area contributed by atoms with Crippen LogP contribution in [0.3, 0.4) is 0 Å². The van der Waals surface area contributed by atoms with Crippen molar-refractivity contribution in [2.75, 3.05) is 11.1 Å². The number of rotatable bonds is 3. The molecule has 3 aromatic heterocycles. The summed E-state index contributed by atoms with van der Waals surface area (Å²) in [6, 6.07) is 0. The maximum Gasteiger partial charge on any atom is 0.269 e. The van der Waals surface area contributed by atoms with Gasteiger partial charge in [0.15, 0.2) is 0 Å². The van der Waals surface area contributed by atoms with Crippen LogP contribution in [0.5, 0.6) is 0 Å². The van der Waals surface area contributed by atoms with Crippen LogP contribution in [0.1, 0.15) is 38.4 Å². The lowest BCUT2D eigenvalue weighted by atomic mass is 10.1. The predicted octanol–water partition coefficient (Wildman–Crippen LogP) is 3.47. The Morgan fingerprint density at radius 3 is 2.57 bits per heavy atom. The number of nitrogen functional groups attached to an aromatic ring is 1. The second-order valence-electron chi connectivity index (χ2n) is 5.28. The molecule has 0 saturated heterocycles. The molecule has 23 heavy (non-hydrogen) atoms. The molecule has 0 bridgehead atoms. The normalized spacial score (nSPS) is 11.1. The summed E-state index contributed by atoms with van der Waals surface area (Å²) in [6.07, 6.45) is 0.792. The first kappa shape index (κ1) is 15.8. The van der Waals surface area contributed by atoms with Crippen LogP contribution >= 0.6 is 22.7 Å². The fourth-order valence-corrected chi connectivity index (χ4v) is 4.11. The van der Waals surface area contributed by atoms with Gasteiger partial charge in [-0.15, -0.1) is 21.5 Å². The number of amides is 1. The first-order chi connectivity index (χ1) is 10.9. The van der Waals surface area contributed by atoms with E-state index in [1.165, 1.54) is 22.7 Å². The first-order valence-electron chi connectivity index (χ1n) is 7.21. The van der Waals surface area contributed by atoms with Gasteiger partial charge in [0.25, 0.3) is 5.91 Å². The van der Waals surface area contributed by atoms with Crippen LogP contribution in [0.15, 0.2) is 0 Å². The number of fused-ring (bicyclic) bond motifs is 1. The predicted molar refractivity (Wildman–Crippen MR) is 95.5 cm³/mol. The second-order valence-corrected chi connectivity index (χ2v) is 7.34. The molecule has 8 heteroatoms. The lowest BCUT2D eigenvalue weighted by Crippen LogP contribution is -2.11. The van der Waals surface area contributed by atoms with Crippen molar-refractivity contribution in [1.82, 2.24) is 15.2 Å². The van der Waals surface area contributed by atoms with Crippen LogP contribution < -0.4 is 11.1 Å². The summed E-state index contributed by atoms with van der Waals surface area (Å²) in [6.45, 7) is 7.98. The van der Waals surface area contributed by atoms with Crippen molar-refractivity contribution in [2.24, 2.45) is 0 Å². The minimum atomic E-state index is -0.265. The zero-order chi connectivity index (χ0) is 16.7. The van der Waals surface area contributed by atoms with Crippen LogP contribution in [0, 0.1) is 20.8 Å². The molecule has 0 saturated carbocycles. The van der Waals surface area contributed by atoms with E-state index in [1.54, 1.807) is 0 Å². The number of aromatic nitrogens is 3. The Hall–Kier alpha value is -2.06. The van der Waals surface area contributed by atoms with Crippen LogP contribution in [0.25, 0.3) is 10.2 Å². The summed E-state index contributed by atoms with van der Waals surface area (Å²) in [5.74, 6) is -0.265. The first-order valence-corrected chi connectivity index (χ1v) is 8.85. The number of nitrogens with zero attached hydrogens (tertiary/aromatic N) is 3. The molecule has 6 nitrogen and oxygen atoms in total. The van der Waals surface area contributed by atoms with Crippen molar-refractivity contribution in [1.29, 1.82) is 0 Å². The van der Waals surface area contributed by atoms with E-state index in [4.69, 9.17) is 5.73 Å². The largest absolute Gasteiger partial charge is 0.397 e. The summed E-state index contributed by atoms with van der Waals surface area (Å²) in [4.78, 5) is 18.3. The van der Waals surface area contributed by atoms with Crippen LogP contribution in [-0.2, 0) is 6.42 Å². The van der Waals surface area contributed by atoms with Gasteiger partial charge in [-0.2, -0.15) is 0 Å². The maximum atomic E-state index is 12.5. The van der Waals surface area contributed by atoms with E-state index in [2.05, 4.69) is 20.5 Å². The van der Waals surface area contributed by atoms with Crippen molar-refractivity contribution >= 4 is 49.6 Å². The average molecular weight is 347 g/mol. The lowest BCUT2D eigenvalue weighted by Gasteiger charge is -2.05. The van der Waals surface area contributed by atoms with Crippen molar-refractivity contribution < 1.29 is 4.79 Å². The number of pyridine rings is 1. The third-order valence-electron chi connectivity index (χ3n) is 3.87. The highest BCUT2D eigenvalue weighted by Crippen LogP contribution is 2.36. The van der Waals surface area contributed by atoms with Crippen molar-refractivity contribution in [3.8, 4) is 0 Å². The van der Waals surface area contributed by atoms with E-state index >= 15 is 0 Å². The molecule has 3 aromatic rings. The highest BCUT2D eigenvalue weighted by atomic mass is 32.1. The minimum absolute atomic E-state index is 0.265. The summed E-state index contributed by atoms with van der Waals surface area (Å²) < 4.78 is 0. The van der Waals surface area contributed by atoms with E-state index in [0.717, 1.165) is 38.5 Å². The Bertz CT molecular complexity index is 912. The van der Waals surface area contributed by atoms with Gasteiger partial charge in [0.2, 0.25) is 5.13 Å². The molecular formula is C15H17N5OS2. The fourth-order valence-electron chi connectivity index (χ4n) is 2.34. The Labute approximate surface area is 141 Å². The Morgan fingerprint density at radius 1 is 1.17 bits per heavy atom. The van der Waals surface area contributed by atoms with Gasteiger partial charge in [-0.3, -0.25) is 10.1 Å². The average Bonchev–Trinajstić information content (AvgIpc) is 3.09. The highest BCUT2D eigenvalue weighted by Gasteiger charge is 2.21. The zero-order valence-electron chi connectivity index (χ0n) is 13.4. The van der Waals surface area contributed by atoms with Crippen LogP contribution in [-0.4, -0.2) is 21.1 Å². The monoisotopic (exact) mass is 347 g/mol. The molecule has 0 aliphatic carbocycles. The van der Waals surface area contributed by atoms with E-state index in [1.807, 2.05) is 27.7 Å². The third kappa shape index (κ3) is 2.68. The Kier molecular flexibility index (Phi) is 4.03. The summed E-state index contributed by atoms with van der Waals surface area (Å²) in [7, 11) is 0. The molecule has 0 spiro atoms. The molecule has 1 amide bonds. The SMILES string of the molecule is CCc1nnc(NC(=O)c2sc3nc(C)c(C)c(C)c3c2N)s1. The van der Waals surface area contributed by atoms with Gasteiger partial charge in [0.05, 0.1) is 5.69 Å². The molecule has 0 atom stereocenters.